The quantitative estimate of drug-likeness (QED) is 0.791. The fourth-order valence-electron chi connectivity index (χ4n) is 3.18. The average Bonchev–Trinajstić information content (AvgIpc) is 3.21. The summed E-state index contributed by atoms with van der Waals surface area (Å²) in [7, 11) is 0. The first-order valence-electron chi connectivity index (χ1n) is 7.44. The molecule has 3 heterocycles. The molecule has 22 heavy (non-hydrogen) atoms. The minimum Gasteiger partial charge on any atom is -0.298 e. The predicted molar refractivity (Wildman–Crippen MR) is 93.7 cm³/mol. The number of carbonyl (C=O) groups is 1. The lowest BCUT2D eigenvalue weighted by molar-refractivity contribution is -0.117. The highest BCUT2D eigenvalue weighted by Gasteiger charge is 2.32. The summed E-state index contributed by atoms with van der Waals surface area (Å²) in [6.45, 7) is 4.57. The molecule has 1 amide bonds. The Labute approximate surface area is 137 Å². The molecule has 112 valence electrons. The zero-order valence-corrected chi connectivity index (χ0v) is 13.8. The van der Waals surface area contributed by atoms with Crippen molar-refractivity contribution in [3.05, 3.63) is 51.0 Å². The number of anilines is 1. The van der Waals surface area contributed by atoms with Gasteiger partial charge in [-0.15, -0.1) is 29.3 Å². The second-order valence-corrected chi connectivity index (χ2v) is 7.50. The second-order valence-electron chi connectivity index (χ2n) is 5.47. The number of aliphatic imine (C=N–C) groups is 1. The Bertz CT molecular complexity index is 771. The van der Waals surface area contributed by atoms with Crippen LogP contribution in [-0.2, 0) is 17.6 Å². The van der Waals surface area contributed by atoms with Crippen molar-refractivity contribution in [1.29, 1.82) is 0 Å². The Hall–Kier alpha value is -1.72. The lowest BCUT2D eigenvalue weighted by Crippen LogP contribution is -2.31. The molecule has 0 spiro atoms. The molecule has 0 aromatic carbocycles. The normalized spacial score (nSPS) is 17.0. The van der Waals surface area contributed by atoms with Gasteiger partial charge in [0.2, 0.25) is 5.91 Å². The van der Waals surface area contributed by atoms with E-state index in [9.17, 15) is 4.79 Å². The van der Waals surface area contributed by atoms with Gasteiger partial charge in [0.1, 0.15) is 11.5 Å². The van der Waals surface area contributed by atoms with E-state index in [1.165, 1.54) is 22.4 Å². The fraction of sp³-hybridized carbons (Fsp3) is 0.294. The topological polar surface area (TPSA) is 32.7 Å². The van der Waals surface area contributed by atoms with Gasteiger partial charge in [-0.1, -0.05) is 12.1 Å². The largest absolute Gasteiger partial charge is 0.298 e. The van der Waals surface area contributed by atoms with Crippen LogP contribution in [0.4, 0.5) is 5.00 Å². The molecule has 1 aliphatic heterocycles. The maximum absolute atomic E-state index is 12.5. The molecule has 2 aromatic rings. The highest BCUT2D eigenvalue weighted by atomic mass is 32.1. The molecule has 2 aliphatic rings. The molecule has 0 unspecified atom stereocenters. The maximum atomic E-state index is 12.5. The summed E-state index contributed by atoms with van der Waals surface area (Å²) in [5, 5.41) is 3.14. The number of aryl methyl sites for hydroxylation is 1. The van der Waals surface area contributed by atoms with E-state index >= 15 is 0 Å². The molecule has 0 bridgehead atoms. The molecule has 0 atom stereocenters. The number of amides is 1. The van der Waals surface area contributed by atoms with Crippen molar-refractivity contribution in [3.63, 3.8) is 0 Å². The van der Waals surface area contributed by atoms with Crippen LogP contribution in [0.15, 0.2) is 35.2 Å². The van der Waals surface area contributed by atoms with Crippen molar-refractivity contribution in [2.24, 2.45) is 4.99 Å². The van der Waals surface area contributed by atoms with E-state index in [2.05, 4.69) is 23.0 Å². The third kappa shape index (κ3) is 2.08. The summed E-state index contributed by atoms with van der Waals surface area (Å²) < 4.78 is 0. The minimum absolute atomic E-state index is 0.0626. The van der Waals surface area contributed by atoms with Crippen LogP contribution in [0.25, 0.3) is 0 Å². The highest BCUT2D eigenvalue weighted by molar-refractivity contribution is 7.17. The first-order chi connectivity index (χ1) is 10.8. The van der Waals surface area contributed by atoms with E-state index < -0.39 is 0 Å². The van der Waals surface area contributed by atoms with E-state index in [0.717, 1.165) is 28.4 Å². The molecule has 4 rings (SSSR count). The van der Waals surface area contributed by atoms with Crippen molar-refractivity contribution < 1.29 is 4.79 Å². The van der Waals surface area contributed by atoms with Gasteiger partial charge in [0, 0.05) is 17.0 Å². The standard InChI is InChI=1S/C17H16N2OS2/c1-2-8-19-14(20)10-18-16(13-7-4-9-21-13)15-11-5-3-6-12(11)22-17(15)19/h2,4,7,9H,1,3,5-6,8,10H2. The monoisotopic (exact) mass is 328 g/mol. The predicted octanol–water partition coefficient (Wildman–Crippen LogP) is 3.67. The van der Waals surface area contributed by atoms with Gasteiger partial charge in [0.25, 0.3) is 0 Å². The molecular formula is C17H16N2OS2. The van der Waals surface area contributed by atoms with Crippen LogP contribution in [-0.4, -0.2) is 24.7 Å². The van der Waals surface area contributed by atoms with Gasteiger partial charge < -0.3 is 0 Å². The van der Waals surface area contributed by atoms with Gasteiger partial charge in [-0.25, -0.2) is 0 Å². The minimum atomic E-state index is 0.0626. The number of nitrogens with zero attached hydrogens (tertiary/aromatic N) is 2. The Kier molecular flexibility index (Phi) is 3.47. The van der Waals surface area contributed by atoms with Crippen LogP contribution in [0.5, 0.6) is 0 Å². The van der Waals surface area contributed by atoms with Gasteiger partial charge in [0.15, 0.2) is 0 Å². The second kappa shape index (κ2) is 5.48. The molecule has 0 saturated heterocycles. The van der Waals surface area contributed by atoms with E-state index in [0.29, 0.717) is 6.54 Å². The van der Waals surface area contributed by atoms with Gasteiger partial charge in [-0.05, 0) is 36.3 Å². The number of rotatable bonds is 3. The zero-order chi connectivity index (χ0) is 15.1. The number of hydrogen-bond acceptors (Lipinski definition) is 4. The first-order valence-corrected chi connectivity index (χ1v) is 9.13. The molecule has 0 fully saturated rings. The molecule has 2 aromatic heterocycles. The Morgan fingerprint density at radius 3 is 3.09 bits per heavy atom. The summed E-state index contributed by atoms with van der Waals surface area (Å²) in [5.74, 6) is 0.0626. The summed E-state index contributed by atoms with van der Waals surface area (Å²) in [5.41, 5.74) is 3.62. The third-order valence-corrected chi connectivity index (χ3v) is 6.32. The van der Waals surface area contributed by atoms with E-state index in [1.54, 1.807) is 28.7 Å². The highest BCUT2D eigenvalue weighted by Crippen LogP contribution is 2.43. The van der Waals surface area contributed by atoms with Gasteiger partial charge in [-0.3, -0.25) is 14.7 Å². The molecule has 3 nitrogen and oxygen atoms in total. The van der Waals surface area contributed by atoms with Crippen molar-refractivity contribution >= 4 is 39.3 Å². The van der Waals surface area contributed by atoms with Crippen LogP contribution in [0, 0.1) is 0 Å². The lowest BCUT2D eigenvalue weighted by atomic mass is 10.0. The van der Waals surface area contributed by atoms with Crippen LogP contribution in [0.1, 0.15) is 27.3 Å². The van der Waals surface area contributed by atoms with Gasteiger partial charge in [-0.2, -0.15) is 0 Å². The van der Waals surface area contributed by atoms with Gasteiger partial charge in [0.05, 0.1) is 10.6 Å². The first kappa shape index (κ1) is 13.9. The van der Waals surface area contributed by atoms with Crippen LogP contribution in [0.3, 0.4) is 0 Å². The van der Waals surface area contributed by atoms with Crippen LogP contribution < -0.4 is 4.90 Å². The third-order valence-electron chi connectivity index (χ3n) is 4.12. The number of fused-ring (bicyclic) bond motifs is 3. The van der Waals surface area contributed by atoms with Crippen molar-refractivity contribution in [2.45, 2.75) is 19.3 Å². The lowest BCUT2D eigenvalue weighted by Gasteiger charge is -2.18. The molecule has 5 heteroatoms. The number of carbonyl (C=O) groups excluding carboxylic acids is 1. The molecule has 0 radical (unpaired) electrons. The van der Waals surface area contributed by atoms with E-state index in [-0.39, 0.29) is 12.5 Å². The molecular weight excluding hydrogens is 312 g/mol. The van der Waals surface area contributed by atoms with Crippen LogP contribution >= 0.6 is 22.7 Å². The summed E-state index contributed by atoms with van der Waals surface area (Å²) in [6.07, 6.45) is 5.23. The van der Waals surface area contributed by atoms with Crippen LogP contribution in [0.2, 0.25) is 0 Å². The molecule has 0 N–H and O–H groups in total. The maximum Gasteiger partial charge on any atom is 0.249 e. The number of thiophene rings is 2. The Morgan fingerprint density at radius 1 is 1.41 bits per heavy atom. The SMILES string of the molecule is C=CCN1C(=O)CN=C(c2cccs2)c2c1sc1c2CCC1. The zero-order valence-electron chi connectivity index (χ0n) is 12.2. The van der Waals surface area contributed by atoms with Gasteiger partial charge >= 0.3 is 0 Å². The Balaban J connectivity index is 1.94. The molecule has 0 saturated carbocycles. The summed E-state index contributed by atoms with van der Waals surface area (Å²) in [4.78, 5) is 21.6. The smallest absolute Gasteiger partial charge is 0.249 e. The van der Waals surface area contributed by atoms with Crippen molar-refractivity contribution in [2.75, 3.05) is 18.0 Å². The number of hydrogen-bond donors (Lipinski definition) is 0. The summed E-state index contributed by atoms with van der Waals surface area (Å²) in [6, 6.07) is 4.14. The van der Waals surface area contributed by atoms with Crippen molar-refractivity contribution in [3.8, 4) is 0 Å². The Morgan fingerprint density at radius 2 is 2.32 bits per heavy atom. The fourth-order valence-corrected chi connectivity index (χ4v) is 5.33. The van der Waals surface area contributed by atoms with E-state index in [1.807, 2.05) is 11.0 Å². The van der Waals surface area contributed by atoms with E-state index in [4.69, 9.17) is 0 Å². The average molecular weight is 328 g/mol. The summed E-state index contributed by atoms with van der Waals surface area (Å²) >= 11 is 3.46. The molecule has 1 aliphatic carbocycles. The van der Waals surface area contributed by atoms with Crippen molar-refractivity contribution in [1.82, 2.24) is 0 Å².